The molecule has 2 saturated heterocycles. The molecule has 23 heavy (non-hydrogen) atoms. The third kappa shape index (κ3) is 2.77. The molecule has 1 spiro atoms. The molecule has 0 aliphatic carbocycles. The van der Waals surface area contributed by atoms with E-state index >= 15 is 0 Å². The average Bonchev–Trinajstić information content (AvgIpc) is 3.18. The second-order valence-electron chi connectivity index (χ2n) is 6.71. The molecule has 0 bridgehead atoms. The summed E-state index contributed by atoms with van der Waals surface area (Å²) in [5.41, 5.74) is 7.34. The molecular weight excluding hydrogens is 286 g/mol. The highest BCUT2D eigenvalue weighted by atomic mass is 15.3. The number of hydrogen-bond acceptors (Lipinski definition) is 5. The minimum Gasteiger partial charge on any atom is -0.382 e. The molecule has 120 valence electrons. The Morgan fingerprint density at radius 2 is 1.91 bits per heavy atom. The summed E-state index contributed by atoms with van der Waals surface area (Å²) < 4.78 is 0. The fraction of sp³-hybridized carbons (Fsp3) is 0.444. The van der Waals surface area contributed by atoms with Crippen molar-refractivity contribution >= 4 is 11.6 Å². The van der Waals surface area contributed by atoms with E-state index < -0.39 is 0 Å². The molecule has 0 amide bonds. The zero-order valence-corrected chi connectivity index (χ0v) is 13.4. The standard InChI is InChI=1S/C18H23N5/c19-16-11-21-17(12-20-16)22-10-8-18(14-22)7-4-9-23(18)13-15-5-2-1-3-6-15/h1-3,5-6,11-12H,4,7-10,13-14H2,(H2,19,20). The van der Waals surface area contributed by atoms with E-state index in [9.17, 15) is 0 Å². The lowest BCUT2D eigenvalue weighted by Crippen LogP contribution is -2.45. The van der Waals surface area contributed by atoms with Crippen molar-refractivity contribution in [3.63, 3.8) is 0 Å². The van der Waals surface area contributed by atoms with Gasteiger partial charge in [-0.25, -0.2) is 9.97 Å². The molecule has 3 heterocycles. The molecule has 5 heteroatoms. The van der Waals surface area contributed by atoms with Crippen molar-refractivity contribution in [3.05, 3.63) is 48.3 Å². The van der Waals surface area contributed by atoms with Gasteiger partial charge in [0.1, 0.15) is 11.6 Å². The number of nitrogen functional groups attached to an aromatic ring is 1. The summed E-state index contributed by atoms with van der Waals surface area (Å²) in [6.07, 6.45) is 7.21. The molecule has 0 radical (unpaired) electrons. The predicted molar refractivity (Wildman–Crippen MR) is 92.1 cm³/mol. The van der Waals surface area contributed by atoms with E-state index in [1.807, 2.05) is 0 Å². The Balaban J connectivity index is 1.50. The van der Waals surface area contributed by atoms with E-state index in [-0.39, 0.29) is 0 Å². The van der Waals surface area contributed by atoms with Crippen LogP contribution in [-0.2, 0) is 6.54 Å². The molecule has 2 N–H and O–H groups in total. The third-order valence-electron chi connectivity index (χ3n) is 5.27. The Morgan fingerprint density at radius 1 is 1.04 bits per heavy atom. The van der Waals surface area contributed by atoms with Crippen LogP contribution in [0.25, 0.3) is 0 Å². The van der Waals surface area contributed by atoms with Crippen LogP contribution in [-0.4, -0.2) is 40.0 Å². The van der Waals surface area contributed by atoms with Gasteiger partial charge in [-0.2, -0.15) is 0 Å². The van der Waals surface area contributed by atoms with E-state index in [4.69, 9.17) is 5.73 Å². The van der Waals surface area contributed by atoms with Crippen molar-refractivity contribution in [1.29, 1.82) is 0 Å². The lowest BCUT2D eigenvalue weighted by molar-refractivity contribution is 0.150. The van der Waals surface area contributed by atoms with E-state index in [1.54, 1.807) is 12.4 Å². The van der Waals surface area contributed by atoms with E-state index in [0.29, 0.717) is 11.4 Å². The molecule has 4 rings (SSSR count). The Hall–Kier alpha value is -2.14. The number of anilines is 2. The Bertz CT molecular complexity index is 657. The number of likely N-dealkylation sites (tertiary alicyclic amines) is 1. The highest BCUT2D eigenvalue weighted by Gasteiger charge is 2.46. The summed E-state index contributed by atoms with van der Waals surface area (Å²) in [5, 5.41) is 0. The highest BCUT2D eigenvalue weighted by Crippen LogP contribution is 2.39. The number of rotatable bonds is 3. The van der Waals surface area contributed by atoms with Gasteiger partial charge >= 0.3 is 0 Å². The molecular formula is C18H23N5. The van der Waals surface area contributed by atoms with Crippen LogP contribution in [0.5, 0.6) is 0 Å². The van der Waals surface area contributed by atoms with Crippen LogP contribution in [0.2, 0.25) is 0 Å². The first-order chi connectivity index (χ1) is 11.3. The van der Waals surface area contributed by atoms with Gasteiger partial charge in [-0.1, -0.05) is 30.3 Å². The molecule has 2 aliphatic rings. The van der Waals surface area contributed by atoms with Crippen molar-refractivity contribution in [1.82, 2.24) is 14.9 Å². The number of hydrogen-bond donors (Lipinski definition) is 1. The van der Waals surface area contributed by atoms with Crippen molar-refractivity contribution in [3.8, 4) is 0 Å². The molecule has 1 atom stereocenters. The monoisotopic (exact) mass is 309 g/mol. The maximum atomic E-state index is 5.65. The number of aromatic nitrogens is 2. The lowest BCUT2D eigenvalue weighted by atomic mass is 9.95. The van der Waals surface area contributed by atoms with Crippen LogP contribution in [0, 0.1) is 0 Å². The highest BCUT2D eigenvalue weighted by molar-refractivity contribution is 5.42. The van der Waals surface area contributed by atoms with Crippen LogP contribution in [0.1, 0.15) is 24.8 Å². The largest absolute Gasteiger partial charge is 0.382 e. The van der Waals surface area contributed by atoms with Crippen LogP contribution in [0.15, 0.2) is 42.7 Å². The Morgan fingerprint density at radius 3 is 2.70 bits per heavy atom. The molecule has 1 aromatic heterocycles. The lowest BCUT2D eigenvalue weighted by Gasteiger charge is -2.35. The molecule has 1 aromatic carbocycles. The van der Waals surface area contributed by atoms with E-state index in [0.717, 1.165) is 25.5 Å². The molecule has 2 fully saturated rings. The SMILES string of the molecule is Nc1cnc(N2CCC3(CCCN3Cc3ccccc3)C2)cn1. The van der Waals surface area contributed by atoms with Gasteiger partial charge < -0.3 is 10.6 Å². The third-order valence-corrected chi connectivity index (χ3v) is 5.27. The van der Waals surface area contributed by atoms with Crippen molar-refractivity contribution in [2.75, 3.05) is 30.3 Å². The summed E-state index contributed by atoms with van der Waals surface area (Å²) in [4.78, 5) is 13.7. The first-order valence-corrected chi connectivity index (χ1v) is 8.37. The smallest absolute Gasteiger partial charge is 0.147 e. The van der Waals surface area contributed by atoms with E-state index in [2.05, 4.69) is 50.1 Å². The van der Waals surface area contributed by atoms with Gasteiger partial charge in [0, 0.05) is 25.2 Å². The summed E-state index contributed by atoms with van der Waals surface area (Å²) in [5.74, 6) is 1.43. The van der Waals surface area contributed by atoms with E-state index in [1.165, 1.54) is 31.4 Å². The van der Waals surface area contributed by atoms with Crippen LogP contribution >= 0.6 is 0 Å². The molecule has 2 aliphatic heterocycles. The van der Waals surface area contributed by atoms with Crippen LogP contribution in [0.3, 0.4) is 0 Å². The molecule has 0 saturated carbocycles. The number of benzene rings is 1. The predicted octanol–water partition coefficient (Wildman–Crippen LogP) is 2.30. The topological polar surface area (TPSA) is 58.3 Å². The first-order valence-electron chi connectivity index (χ1n) is 8.37. The zero-order valence-electron chi connectivity index (χ0n) is 13.4. The quantitative estimate of drug-likeness (QED) is 0.943. The van der Waals surface area contributed by atoms with Crippen LogP contribution in [0.4, 0.5) is 11.6 Å². The van der Waals surface area contributed by atoms with Gasteiger partial charge in [-0.15, -0.1) is 0 Å². The average molecular weight is 309 g/mol. The molecule has 2 aromatic rings. The number of nitrogens with two attached hydrogens (primary N) is 1. The Labute approximate surface area is 137 Å². The van der Waals surface area contributed by atoms with Gasteiger partial charge in [0.2, 0.25) is 0 Å². The number of nitrogens with zero attached hydrogens (tertiary/aromatic N) is 4. The second kappa shape index (κ2) is 5.81. The zero-order chi connectivity index (χ0) is 15.7. The maximum absolute atomic E-state index is 5.65. The maximum Gasteiger partial charge on any atom is 0.147 e. The Kier molecular flexibility index (Phi) is 3.65. The van der Waals surface area contributed by atoms with Crippen molar-refractivity contribution in [2.24, 2.45) is 0 Å². The fourth-order valence-corrected chi connectivity index (χ4v) is 4.05. The molecule has 5 nitrogen and oxygen atoms in total. The normalized spacial score (nSPS) is 24.6. The van der Waals surface area contributed by atoms with Gasteiger partial charge in [0.05, 0.1) is 12.4 Å². The first kappa shape index (κ1) is 14.5. The minimum atomic E-state index is 0.291. The van der Waals surface area contributed by atoms with Gasteiger partial charge in [0.25, 0.3) is 0 Å². The minimum absolute atomic E-state index is 0.291. The molecule has 1 unspecified atom stereocenters. The van der Waals surface area contributed by atoms with Crippen LogP contribution < -0.4 is 10.6 Å². The summed E-state index contributed by atoms with van der Waals surface area (Å²) in [6, 6.07) is 10.8. The van der Waals surface area contributed by atoms with Gasteiger partial charge in [0.15, 0.2) is 0 Å². The summed E-state index contributed by atoms with van der Waals surface area (Å²) in [7, 11) is 0. The van der Waals surface area contributed by atoms with Crippen molar-refractivity contribution < 1.29 is 0 Å². The second-order valence-corrected chi connectivity index (χ2v) is 6.71. The fourth-order valence-electron chi connectivity index (χ4n) is 4.05. The summed E-state index contributed by atoms with van der Waals surface area (Å²) in [6.45, 7) is 4.32. The van der Waals surface area contributed by atoms with Gasteiger partial charge in [-0.3, -0.25) is 4.90 Å². The van der Waals surface area contributed by atoms with Crippen molar-refractivity contribution in [2.45, 2.75) is 31.3 Å². The van der Waals surface area contributed by atoms with Gasteiger partial charge in [-0.05, 0) is 31.4 Å². The summed E-state index contributed by atoms with van der Waals surface area (Å²) >= 11 is 0.